The third-order valence-corrected chi connectivity index (χ3v) is 5.95. The van der Waals surface area contributed by atoms with Gasteiger partial charge in [0, 0.05) is 43.7 Å². The number of hydrogen-bond donors (Lipinski definition) is 2. The van der Waals surface area contributed by atoms with E-state index in [0.29, 0.717) is 6.54 Å². The van der Waals surface area contributed by atoms with Crippen molar-refractivity contribution in [2.24, 2.45) is 11.8 Å². The normalized spacial score (nSPS) is 23.2. The number of carbonyl (C=O) groups is 2. The van der Waals surface area contributed by atoms with Crippen LogP contribution in [0.1, 0.15) is 36.8 Å². The molecule has 1 heterocycles. The first-order chi connectivity index (χ1) is 13.5. The number of aryl methyl sites for hydroxylation is 2. The van der Waals surface area contributed by atoms with Gasteiger partial charge in [0.05, 0.1) is 13.2 Å². The first-order valence-corrected chi connectivity index (χ1v) is 10.5. The van der Waals surface area contributed by atoms with E-state index in [-0.39, 0.29) is 23.7 Å². The lowest BCUT2D eigenvalue weighted by Gasteiger charge is -2.29. The minimum atomic E-state index is -0.00249. The Labute approximate surface area is 168 Å². The van der Waals surface area contributed by atoms with Crippen LogP contribution in [0.4, 0.5) is 5.69 Å². The molecule has 0 radical (unpaired) electrons. The van der Waals surface area contributed by atoms with Crippen LogP contribution in [0.15, 0.2) is 18.2 Å². The van der Waals surface area contributed by atoms with E-state index in [1.165, 1.54) is 0 Å². The molecular formula is C22H33N3O3. The smallest absolute Gasteiger partial charge is 0.227 e. The number of nitrogens with zero attached hydrogens (tertiary/aromatic N) is 1. The van der Waals surface area contributed by atoms with E-state index in [1.54, 1.807) is 0 Å². The molecule has 1 aliphatic heterocycles. The Morgan fingerprint density at radius 3 is 2.36 bits per heavy atom. The van der Waals surface area contributed by atoms with Gasteiger partial charge in [-0.3, -0.25) is 14.5 Å². The Kier molecular flexibility index (Phi) is 7.45. The first-order valence-electron chi connectivity index (χ1n) is 10.5. The molecule has 2 fully saturated rings. The minimum absolute atomic E-state index is 0.00249. The van der Waals surface area contributed by atoms with Crippen LogP contribution in [-0.2, 0) is 14.3 Å². The molecule has 3 rings (SSSR count). The van der Waals surface area contributed by atoms with Crippen LogP contribution in [0.3, 0.4) is 0 Å². The molecule has 154 valence electrons. The summed E-state index contributed by atoms with van der Waals surface area (Å²) < 4.78 is 5.34. The summed E-state index contributed by atoms with van der Waals surface area (Å²) in [4.78, 5) is 27.4. The van der Waals surface area contributed by atoms with Crippen LogP contribution >= 0.6 is 0 Å². The fraction of sp³-hybridized carbons (Fsp3) is 0.636. The summed E-state index contributed by atoms with van der Waals surface area (Å²) in [7, 11) is 0. The maximum atomic E-state index is 12.6. The molecular weight excluding hydrogens is 354 g/mol. The number of hydrogen-bond acceptors (Lipinski definition) is 4. The molecule has 1 aromatic carbocycles. The van der Waals surface area contributed by atoms with Gasteiger partial charge in [-0.1, -0.05) is 12.1 Å². The monoisotopic (exact) mass is 387 g/mol. The predicted octanol–water partition coefficient (Wildman–Crippen LogP) is 2.50. The van der Waals surface area contributed by atoms with Crippen molar-refractivity contribution in [1.82, 2.24) is 10.2 Å². The van der Waals surface area contributed by atoms with Gasteiger partial charge < -0.3 is 15.4 Å². The second-order valence-corrected chi connectivity index (χ2v) is 8.10. The van der Waals surface area contributed by atoms with Crippen molar-refractivity contribution in [3.63, 3.8) is 0 Å². The Bertz CT molecular complexity index is 678. The van der Waals surface area contributed by atoms with Gasteiger partial charge in [-0.2, -0.15) is 0 Å². The van der Waals surface area contributed by atoms with Crippen LogP contribution in [0, 0.1) is 25.7 Å². The molecule has 0 aromatic heterocycles. The highest BCUT2D eigenvalue weighted by molar-refractivity contribution is 5.93. The molecule has 2 N–H and O–H groups in total. The first kappa shape index (κ1) is 20.8. The summed E-state index contributed by atoms with van der Waals surface area (Å²) in [5.41, 5.74) is 3.11. The van der Waals surface area contributed by atoms with E-state index >= 15 is 0 Å². The highest BCUT2D eigenvalue weighted by Crippen LogP contribution is 2.30. The number of nitrogens with one attached hydrogen (secondary N) is 2. The largest absolute Gasteiger partial charge is 0.379 e. The number of ether oxygens (including phenoxy) is 1. The molecule has 1 aliphatic carbocycles. The Morgan fingerprint density at radius 1 is 1.04 bits per heavy atom. The van der Waals surface area contributed by atoms with Crippen molar-refractivity contribution in [1.29, 1.82) is 0 Å². The highest BCUT2D eigenvalue weighted by atomic mass is 16.5. The van der Waals surface area contributed by atoms with Crippen molar-refractivity contribution in [2.45, 2.75) is 39.5 Å². The standard InChI is InChI=1S/C22H33N3O3/c1-16-3-4-17(2)20(15-16)24-22(27)19-7-5-18(6-8-19)21(26)23-9-10-25-11-13-28-14-12-25/h3-4,15,18-19H,5-14H2,1-2H3,(H,23,26)(H,24,27). The molecule has 1 saturated heterocycles. The van der Waals surface area contributed by atoms with Crippen molar-refractivity contribution >= 4 is 17.5 Å². The van der Waals surface area contributed by atoms with Gasteiger partial charge >= 0.3 is 0 Å². The minimum Gasteiger partial charge on any atom is -0.379 e. The Hall–Kier alpha value is -1.92. The molecule has 6 nitrogen and oxygen atoms in total. The molecule has 0 spiro atoms. The van der Waals surface area contributed by atoms with Gasteiger partial charge in [-0.25, -0.2) is 0 Å². The third kappa shape index (κ3) is 5.79. The summed E-state index contributed by atoms with van der Waals surface area (Å²) >= 11 is 0. The summed E-state index contributed by atoms with van der Waals surface area (Å²) in [5.74, 6) is 0.258. The maximum Gasteiger partial charge on any atom is 0.227 e. The van der Waals surface area contributed by atoms with E-state index < -0.39 is 0 Å². The molecule has 2 amide bonds. The topological polar surface area (TPSA) is 70.7 Å². The second-order valence-electron chi connectivity index (χ2n) is 8.10. The van der Waals surface area contributed by atoms with Crippen molar-refractivity contribution in [3.8, 4) is 0 Å². The number of rotatable bonds is 6. The lowest BCUT2D eigenvalue weighted by Crippen LogP contribution is -2.43. The summed E-state index contributed by atoms with van der Waals surface area (Å²) in [5, 5.41) is 6.16. The Balaban J connectivity index is 1.39. The maximum absolute atomic E-state index is 12.6. The Morgan fingerprint density at radius 2 is 1.68 bits per heavy atom. The van der Waals surface area contributed by atoms with Gasteiger partial charge in [-0.15, -0.1) is 0 Å². The van der Waals surface area contributed by atoms with E-state index in [0.717, 1.165) is 75.3 Å². The molecule has 0 atom stereocenters. The number of benzene rings is 1. The molecule has 0 bridgehead atoms. The van der Waals surface area contributed by atoms with Gasteiger partial charge in [0.1, 0.15) is 0 Å². The van der Waals surface area contributed by atoms with Crippen molar-refractivity contribution in [2.75, 3.05) is 44.7 Å². The molecule has 1 saturated carbocycles. The number of amides is 2. The SMILES string of the molecule is Cc1ccc(C)c(NC(=O)C2CCC(C(=O)NCCN3CCOCC3)CC2)c1. The average Bonchev–Trinajstić information content (AvgIpc) is 2.71. The quantitative estimate of drug-likeness (QED) is 0.787. The molecule has 1 aromatic rings. The second kappa shape index (κ2) is 10.0. The highest BCUT2D eigenvalue weighted by Gasteiger charge is 2.30. The third-order valence-electron chi connectivity index (χ3n) is 5.95. The van der Waals surface area contributed by atoms with Crippen molar-refractivity contribution < 1.29 is 14.3 Å². The fourth-order valence-corrected chi connectivity index (χ4v) is 4.03. The number of carbonyl (C=O) groups excluding carboxylic acids is 2. The van der Waals surface area contributed by atoms with E-state index in [4.69, 9.17) is 4.74 Å². The summed E-state index contributed by atoms with van der Waals surface area (Å²) in [6.07, 6.45) is 3.12. The van der Waals surface area contributed by atoms with Crippen molar-refractivity contribution in [3.05, 3.63) is 29.3 Å². The van der Waals surface area contributed by atoms with Gasteiger partial charge in [0.2, 0.25) is 11.8 Å². The zero-order valence-electron chi connectivity index (χ0n) is 17.1. The van der Waals surface area contributed by atoms with E-state index in [9.17, 15) is 9.59 Å². The van der Waals surface area contributed by atoms with Gasteiger partial charge in [0.25, 0.3) is 0 Å². The molecule has 0 unspecified atom stereocenters. The fourth-order valence-electron chi connectivity index (χ4n) is 4.03. The van der Waals surface area contributed by atoms with Gasteiger partial charge in [0.15, 0.2) is 0 Å². The lowest BCUT2D eigenvalue weighted by molar-refractivity contribution is -0.128. The summed E-state index contributed by atoms with van der Waals surface area (Å²) in [6, 6.07) is 6.09. The lowest BCUT2D eigenvalue weighted by atomic mass is 9.81. The van der Waals surface area contributed by atoms with Gasteiger partial charge in [-0.05, 0) is 56.7 Å². The van der Waals surface area contributed by atoms with Crippen LogP contribution in [0.5, 0.6) is 0 Å². The number of morpholine rings is 1. The van der Waals surface area contributed by atoms with Crippen LogP contribution in [-0.4, -0.2) is 56.1 Å². The zero-order valence-corrected chi connectivity index (χ0v) is 17.1. The average molecular weight is 388 g/mol. The molecule has 6 heteroatoms. The zero-order chi connectivity index (χ0) is 19.9. The summed E-state index contributed by atoms with van der Waals surface area (Å²) in [6.45, 7) is 9.04. The van der Waals surface area contributed by atoms with Crippen LogP contribution < -0.4 is 10.6 Å². The van der Waals surface area contributed by atoms with E-state index in [2.05, 4.69) is 15.5 Å². The number of anilines is 1. The van der Waals surface area contributed by atoms with Crippen LogP contribution in [0.2, 0.25) is 0 Å². The molecule has 28 heavy (non-hydrogen) atoms. The van der Waals surface area contributed by atoms with Crippen LogP contribution in [0.25, 0.3) is 0 Å². The van der Waals surface area contributed by atoms with E-state index in [1.807, 2.05) is 32.0 Å². The molecule has 2 aliphatic rings. The predicted molar refractivity (Wildman–Crippen MR) is 110 cm³/mol.